The Bertz CT molecular complexity index is 168. The fourth-order valence-electron chi connectivity index (χ4n) is 0.548. The summed E-state index contributed by atoms with van der Waals surface area (Å²) in [4.78, 5) is 9.31. The van der Waals surface area contributed by atoms with Crippen molar-refractivity contribution in [2.75, 3.05) is 0 Å². The molecule has 12 heavy (non-hydrogen) atoms. The zero-order valence-corrected chi connectivity index (χ0v) is 9.23. The minimum atomic E-state index is -2.09. The van der Waals surface area contributed by atoms with Crippen molar-refractivity contribution in [3.63, 3.8) is 0 Å². The first-order chi connectivity index (χ1) is 5.70. The van der Waals surface area contributed by atoms with Crippen LogP contribution < -0.4 is 0 Å². The number of allylic oxidation sites excluding steroid dienone is 2. The predicted molar refractivity (Wildman–Crippen MR) is 46.5 cm³/mol. The van der Waals surface area contributed by atoms with Crippen LogP contribution in [0.15, 0.2) is 24.3 Å². The molecule has 0 fully saturated rings. The Morgan fingerprint density at radius 1 is 1.33 bits per heavy atom. The van der Waals surface area contributed by atoms with Gasteiger partial charge in [-0.2, -0.15) is 0 Å². The van der Waals surface area contributed by atoms with Crippen molar-refractivity contribution in [2.24, 2.45) is 5.92 Å². The van der Waals surface area contributed by atoms with Gasteiger partial charge in [0.05, 0.1) is 6.61 Å². The van der Waals surface area contributed by atoms with Crippen molar-refractivity contribution in [1.29, 1.82) is 0 Å². The maximum atomic E-state index is 9.31. The van der Waals surface area contributed by atoms with Crippen LogP contribution in [0.2, 0.25) is 0 Å². The van der Waals surface area contributed by atoms with Crippen LogP contribution in [0.3, 0.4) is 0 Å². The first-order valence-electron chi connectivity index (χ1n) is 3.16. The molecular weight excluding hydrogens is 235 g/mol. The molecule has 0 unspecified atom stereocenters. The third-order valence-corrected chi connectivity index (χ3v) is 2.05. The molecule has 0 bridgehead atoms. The summed E-state index contributed by atoms with van der Waals surface area (Å²) in [5.41, 5.74) is 0. The van der Waals surface area contributed by atoms with Gasteiger partial charge in [-0.15, -0.1) is 0 Å². The second-order valence-corrected chi connectivity index (χ2v) is 7.33. The van der Waals surface area contributed by atoms with E-state index in [1.165, 1.54) is 6.61 Å². The van der Waals surface area contributed by atoms with E-state index in [-0.39, 0.29) is 5.92 Å². The first kappa shape index (κ1) is 12.4. The van der Waals surface area contributed by atoms with Crippen LogP contribution in [0.1, 0.15) is 0 Å². The molecule has 2 nitrogen and oxygen atoms in total. The minimum Gasteiger partial charge on any atom is -0.389 e. The molecule has 5 heteroatoms. The third kappa shape index (κ3) is 7.08. The number of hydrogen-bond donors (Lipinski definition) is 1. The van der Waals surface area contributed by atoms with E-state index in [1.807, 2.05) is 24.3 Å². The van der Waals surface area contributed by atoms with Crippen LogP contribution in [-0.2, 0) is 20.5 Å². The van der Waals surface area contributed by atoms with E-state index in [0.717, 1.165) is 0 Å². The van der Waals surface area contributed by atoms with Gasteiger partial charge in [0, 0.05) is 5.92 Å². The topological polar surface area (TPSA) is 37.3 Å². The second kappa shape index (κ2) is 8.02. The average Bonchev–Trinajstić information content (AvgIpc) is 2.57. The quantitative estimate of drug-likeness (QED) is 0.597. The molecule has 0 saturated heterocycles. The van der Waals surface area contributed by atoms with Gasteiger partial charge in [0.15, 0.2) is 0 Å². The van der Waals surface area contributed by atoms with Gasteiger partial charge in [0.2, 0.25) is 0 Å². The zero-order valence-electron chi connectivity index (χ0n) is 6.15. The van der Waals surface area contributed by atoms with Gasteiger partial charge in [-0.05, 0) is 0 Å². The molecule has 1 radical (unpaired) electrons. The SMILES string of the molecule is O=[CH][Ti]([Cl])[Cl].O[CH]C1C=CC=C1. The number of hydrogen-bond acceptors (Lipinski definition) is 2. The fourth-order valence-corrected chi connectivity index (χ4v) is 0.548. The molecule has 66 valence electrons. The molecule has 0 aromatic carbocycles. The molecular formula is C7H8Cl2O2Ti. The Balaban J connectivity index is 0.000000217. The summed E-state index contributed by atoms with van der Waals surface area (Å²) in [5, 5.41) is 8.34. The van der Waals surface area contributed by atoms with Crippen molar-refractivity contribution in [2.45, 2.75) is 0 Å². The number of halogens is 2. The van der Waals surface area contributed by atoms with E-state index in [1.54, 1.807) is 0 Å². The largest absolute Gasteiger partial charge is 0.389 e. The summed E-state index contributed by atoms with van der Waals surface area (Å²) in [6.45, 7) is 1.17. The summed E-state index contributed by atoms with van der Waals surface area (Å²) >= 11 is -2.09. The van der Waals surface area contributed by atoms with Gasteiger partial charge in [-0.3, -0.25) is 0 Å². The standard InChI is InChI=1S/C6H7O.CHO.2ClH.Ti/c7-5-6-3-1-2-4-6;1-2;;;/h1-7H;1H;2*1H;/q;;;;+2/p-2. The monoisotopic (exact) mass is 242 g/mol. The molecule has 0 aromatic heterocycles. The zero-order chi connectivity index (χ0) is 9.40. The maximum Gasteiger partial charge on any atom is 0.0905 e. The number of aliphatic hydroxyl groups excluding tert-OH is 1. The Morgan fingerprint density at radius 3 is 1.92 bits per heavy atom. The van der Waals surface area contributed by atoms with Crippen molar-refractivity contribution >= 4 is 23.2 Å². The maximum absolute atomic E-state index is 9.31. The van der Waals surface area contributed by atoms with Gasteiger partial charge in [-0.1, -0.05) is 24.3 Å². The number of aliphatic hydroxyl groups is 1. The Labute approximate surface area is 85.4 Å². The van der Waals surface area contributed by atoms with Gasteiger partial charge >= 0.3 is 43.7 Å². The summed E-state index contributed by atoms with van der Waals surface area (Å²) < 4.78 is 0.614. The third-order valence-electron chi connectivity index (χ3n) is 1.04. The molecule has 0 spiro atoms. The molecule has 1 aliphatic rings. The summed E-state index contributed by atoms with van der Waals surface area (Å²) in [7, 11) is 10.1. The van der Waals surface area contributed by atoms with E-state index < -0.39 is 15.7 Å². The minimum absolute atomic E-state index is 0.167. The summed E-state index contributed by atoms with van der Waals surface area (Å²) in [6, 6.07) is 0. The molecule has 0 heterocycles. The van der Waals surface area contributed by atoms with Crippen molar-refractivity contribution in [3.05, 3.63) is 30.9 Å². The van der Waals surface area contributed by atoms with Gasteiger partial charge in [0.1, 0.15) is 0 Å². The van der Waals surface area contributed by atoms with Crippen LogP contribution in [0.25, 0.3) is 0 Å². The molecule has 1 aliphatic carbocycles. The van der Waals surface area contributed by atoms with Crippen LogP contribution in [0, 0.1) is 12.5 Å². The van der Waals surface area contributed by atoms with E-state index in [4.69, 9.17) is 23.7 Å². The number of carbonyl (C=O) groups is 1. The summed E-state index contributed by atoms with van der Waals surface area (Å²) in [6.07, 6.45) is 7.66. The van der Waals surface area contributed by atoms with Crippen molar-refractivity contribution < 1.29 is 25.7 Å². The van der Waals surface area contributed by atoms with E-state index >= 15 is 0 Å². The van der Waals surface area contributed by atoms with Crippen LogP contribution in [0.5, 0.6) is 0 Å². The van der Waals surface area contributed by atoms with E-state index in [2.05, 4.69) is 0 Å². The molecule has 1 rings (SSSR count). The first-order valence-corrected chi connectivity index (χ1v) is 8.36. The van der Waals surface area contributed by atoms with Gasteiger partial charge < -0.3 is 5.11 Å². The van der Waals surface area contributed by atoms with Crippen molar-refractivity contribution in [1.82, 2.24) is 0 Å². The molecule has 0 amide bonds. The molecule has 0 aromatic rings. The van der Waals surface area contributed by atoms with E-state index in [0.29, 0.717) is 4.59 Å². The number of carbonyl (C=O) groups excluding carboxylic acids is 1. The molecule has 0 aliphatic heterocycles. The Kier molecular flexibility index (Phi) is 8.29. The van der Waals surface area contributed by atoms with Crippen LogP contribution in [-0.4, -0.2) is 9.70 Å². The van der Waals surface area contributed by atoms with Crippen LogP contribution >= 0.6 is 18.6 Å². The smallest absolute Gasteiger partial charge is 0.0905 e. The molecule has 0 saturated carbocycles. The van der Waals surface area contributed by atoms with Crippen molar-refractivity contribution in [3.8, 4) is 0 Å². The summed E-state index contributed by atoms with van der Waals surface area (Å²) in [5.74, 6) is 0.167. The normalized spacial score (nSPS) is 13.9. The Hall–Kier alpha value is 0.404. The predicted octanol–water partition coefficient (Wildman–Crippen LogP) is 2.37. The van der Waals surface area contributed by atoms with Crippen LogP contribution in [0.4, 0.5) is 0 Å². The Morgan fingerprint density at radius 2 is 1.75 bits per heavy atom. The number of rotatable bonds is 2. The van der Waals surface area contributed by atoms with E-state index in [9.17, 15) is 4.79 Å². The molecule has 0 atom stereocenters. The van der Waals surface area contributed by atoms with Gasteiger partial charge in [0.25, 0.3) is 0 Å². The molecule has 1 N–H and O–H groups in total. The van der Waals surface area contributed by atoms with Gasteiger partial charge in [-0.25, -0.2) is 0 Å². The fraction of sp³-hybridized carbons (Fsp3) is 0.143. The second-order valence-electron chi connectivity index (χ2n) is 1.90. The average molecular weight is 243 g/mol.